The molecule has 0 amide bonds. The molecule has 0 spiro atoms. The molecule has 0 aromatic carbocycles. The number of alkyl halides is 6. The summed E-state index contributed by atoms with van der Waals surface area (Å²) in [5, 5.41) is 7.19. The SMILES string of the molecule is OCC1=NC=CS1(C(F)(F)F)C(F)(F)F. The van der Waals surface area contributed by atoms with Gasteiger partial charge in [-0.25, -0.2) is 0 Å². The summed E-state index contributed by atoms with van der Waals surface area (Å²) in [6.45, 7) is -1.36. The van der Waals surface area contributed by atoms with Gasteiger partial charge in [0, 0.05) is 16.2 Å². The van der Waals surface area contributed by atoms with Crippen LogP contribution in [0.2, 0.25) is 0 Å². The third kappa shape index (κ3) is 1.63. The topological polar surface area (TPSA) is 32.6 Å². The summed E-state index contributed by atoms with van der Waals surface area (Å²) in [6.07, 6.45) is 0.432. The van der Waals surface area contributed by atoms with Crippen molar-refractivity contribution in [2.45, 2.75) is 11.0 Å². The molecule has 0 aromatic heterocycles. The van der Waals surface area contributed by atoms with Crippen LogP contribution in [0.1, 0.15) is 0 Å². The van der Waals surface area contributed by atoms with Gasteiger partial charge < -0.3 is 5.11 Å². The molecule has 2 nitrogen and oxygen atoms in total. The zero-order valence-corrected chi connectivity index (χ0v) is 7.75. The molecule has 15 heavy (non-hydrogen) atoms. The third-order valence-corrected chi connectivity index (χ3v) is 4.69. The Kier molecular flexibility index (Phi) is 2.81. The van der Waals surface area contributed by atoms with Gasteiger partial charge in [-0.15, -0.1) is 0 Å². The minimum absolute atomic E-state index is 0.0153. The summed E-state index contributed by atoms with van der Waals surface area (Å²) >= 11 is 0. The van der Waals surface area contributed by atoms with Gasteiger partial charge in [-0.1, -0.05) is 0 Å². The maximum Gasteiger partial charge on any atom is 0.441 e. The summed E-state index contributed by atoms with van der Waals surface area (Å²) in [5.74, 6) is 0. The highest BCUT2D eigenvalue weighted by Gasteiger charge is 2.68. The number of aliphatic hydroxyl groups excluding tert-OH is 1. The smallest absolute Gasteiger partial charge is 0.390 e. The fourth-order valence-corrected chi connectivity index (χ4v) is 3.00. The molecule has 1 N–H and O–H groups in total. The van der Waals surface area contributed by atoms with E-state index in [1.54, 1.807) is 0 Å². The van der Waals surface area contributed by atoms with E-state index in [0.717, 1.165) is 0 Å². The molecule has 1 rings (SSSR count). The van der Waals surface area contributed by atoms with Crippen LogP contribution >= 0.6 is 10.0 Å². The van der Waals surface area contributed by atoms with Crippen molar-refractivity contribution in [2.24, 2.45) is 4.99 Å². The quantitative estimate of drug-likeness (QED) is 0.716. The van der Waals surface area contributed by atoms with Crippen LogP contribution in [0.3, 0.4) is 0 Å². The largest absolute Gasteiger partial charge is 0.441 e. The lowest BCUT2D eigenvalue weighted by Crippen LogP contribution is -2.36. The lowest BCUT2D eigenvalue weighted by atomic mass is 10.8. The van der Waals surface area contributed by atoms with Crippen LogP contribution < -0.4 is 0 Å². The monoisotopic (exact) mass is 253 g/mol. The standard InChI is InChI=1S/C6H5F6NOS/c7-5(8,9)15(6(10,11)12)2-1-13-4(15)3-14/h1-2,14H,3H2. The molecule has 0 bridgehead atoms. The molecule has 0 aromatic rings. The molecule has 0 saturated heterocycles. The zero-order valence-electron chi connectivity index (χ0n) is 6.93. The van der Waals surface area contributed by atoms with Crippen LogP contribution in [0.25, 0.3) is 0 Å². The van der Waals surface area contributed by atoms with Crippen LogP contribution in [0, 0.1) is 0 Å². The molecular formula is C6H5F6NOS. The van der Waals surface area contributed by atoms with Crippen molar-refractivity contribution in [3.05, 3.63) is 11.6 Å². The fraction of sp³-hybridized carbons (Fsp3) is 0.500. The Morgan fingerprint density at radius 1 is 1.13 bits per heavy atom. The van der Waals surface area contributed by atoms with Gasteiger partial charge in [-0.2, -0.15) is 26.3 Å². The molecule has 0 unspecified atom stereocenters. The summed E-state index contributed by atoms with van der Waals surface area (Å²) < 4.78 is 74.5. The van der Waals surface area contributed by atoms with Crippen molar-refractivity contribution in [1.29, 1.82) is 0 Å². The predicted molar refractivity (Wildman–Crippen MR) is 43.4 cm³/mol. The van der Waals surface area contributed by atoms with Gasteiger partial charge in [-0.05, 0) is 5.41 Å². The Bertz CT molecular complexity index is 303. The first-order valence-corrected chi connectivity index (χ1v) is 5.16. The zero-order chi connectivity index (χ0) is 11.9. The second kappa shape index (κ2) is 3.41. The van der Waals surface area contributed by atoms with E-state index in [1.165, 1.54) is 0 Å². The lowest BCUT2D eigenvalue weighted by Gasteiger charge is -2.37. The Hall–Kier alpha value is -0.700. The normalized spacial score (nSPS) is 22.7. The van der Waals surface area contributed by atoms with Crippen LogP contribution in [0.5, 0.6) is 0 Å². The minimum Gasteiger partial charge on any atom is -0.390 e. The van der Waals surface area contributed by atoms with Gasteiger partial charge in [0.25, 0.3) is 0 Å². The van der Waals surface area contributed by atoms with E-state index < -0.39 is 32.7 Å². The second-order valence-corrected chi connectivity index (χ2v) is 5.51. The van der Waals surface area contributed by atoms with E-state index in [4.69, 9.17) is 5.11 Å². The van der Waals surface area contributed by atoms with Gasteiger partial charge >= 0.3 is 11.0 Å². The van der Waals surface area contributed by atoms with E-state index in [-0.39, 0.29) is 5.41 Å². The van der Waals surface area contributed by atoms with Crippen LogP contribution in [0.15, 0.2) is 16.6 Å². The summed E-state index contributed by atoms with van der Waals surface area (Å²) in [6, 6.07) is 0. The molecule has 0 atom stereocenters. The molecule has 0 radical (unpaired) electrons. The molecule has 88 valence electrons. The average Bonchev–Trinajstić information content (AvgIpc) is 2.44. The Morgan fingerprint density at radius 3 is 1.87 bits per heavy atom. The molecule has 9 heteroatoms. The number of halogens is 6. The first kappa shape index (κ1) is 12.4. The van der Waals surface area contributed by atoms with E-state index in [1.807, 2.05) is 0 Å². The maximum atomic E-state index is 12.4. The molecule has 1 aliphatic heterocycles. The van der Waals surface area contributed by atoms with Crippen LogP contribution in [0.4, 0.5) is 26.3 Å². The first-order valence-electron chi connectivity index (χ1n) is 3.47. The van der Waals surface area contributed by atoms with E-state index in [0.29, 0.717) is 6.20 Å². The van der Waals surface area contributed by atoms with Crippen molar-refractivity contribution in [1.82, 2.24) is 0 Å². The average molecular weight is 253 g/mol. The van der Waals surface area contributed by atoms with Gasteiger partial charge in [0.15, 0.2) is 0 Å². The third-order valence-electron chi connectivity index (χ3n) is 1.72. The van der Waals surface area contributed by atoms with Crippen molar-refractivity contribution in [3.63, 3.8) is 0 Å². The fourth-order valence-electron chi connectivity index (χ4n) is 1.06. The maximum absolute atomic E-state index is 12.4. The van der Waals surface area contributed by atoms with Crippen molar-refractivity contribution in [2.75, 3.05) is 6.61 Å². The van der Waals surface area contributed by atoms with Crippen molar-refractivity contribution in [3.8, 4) is 0 Å². The number of aliphatic imine (C=N–C) groups is 1. The number of aliphatic hydroxyl groups is 1. The van der Waals surface area contributed by atoms with E-state index in [2.05, 4.69) is 4.99 Å². The Labute approximate surface area is 81.6 Å². The van der Waals surface area contributed by atoms with E-state index in [9.17, 15) is 26.3 Å². The number of hydrogen-bond acceptors (Lipinski definition) is 2. The van der Waals surface area contributed by atoms with Crippen LogP contribution in [-0.2, 0) is 0 Å². The Balaban J connectivity index is 3.34. The molecule has 0 saturated carbocycles. The minimum atomic E-state index is -5.49. The first-order chi connectivity index (χ1) is 6.67. The van der Waals surface area contributed by atoms with Gasteiger partial charge in [0.2, 0.25) is 0 Å². The second-order valence-electron chi connectivity index (χ2n) is 2.52. The molecule has 0 fully saturated rings. The van der Waals surface area contributed by atoms with Gasteiger partial charge in [0.05, 0.1) is 6.61 Å². The number of rotatable bonds is 1. The summed E-state index contributed by atoms with van der Waals surface area (Å²) in [5.41, 5.74) is -11.0. The summed E-state index contributed by atoms with van der Waals surface area (Å²) in [4.78, 5) is 2.92. The van der Waals surface area contributed by atoms with Gasteiger partial charge in [0.1, 0.15) is 5.04 Å². The highest BCUT2D eigenvalue weighted by atomic mass is 32.3. The lowest BCUT2D eigenvalue weighted by molar-refractivity contribution is -0.0756. The number of hydrogen-bond donors (Lipinski definition) is 1. The van der Waals surface area contributed by atoms with Crippen LogP contribution in [-0.4, -0.2) is 27.8 Å². The summed E-state index contributed by atoms with van der Waals surface area (Å²) in [7, 11) is -5.16. The van der Waals surface area contributed by atoms with Gasteiger partial charge in [-0.3, -0.25) is 4.99 Å². The molecule has 0 aliphatic carbocycles. The van der Waals surface area contributed by atoms with E-state index >= 15 is 0 Å². The molecular weight excluding hydrogens is 248 g/mol. The molecule has 1 heterocycles. The highest BCUT2D eigenvalue weighted by Crippen LogP contribution is 2.74. The van der Waals surface area contributed by atoms with Crippen molar-refractivity contribution >= 4 is 15.1 Å². The molecule has 1 aliphatic rings. The van der Waals surface area contributed by atoms with Crippen molar-refractivity contribution < 1.29 is 31.4 Å². The predicted octanol–water partition coefficient (Wildman–Crippen LogP) is 2.71. The Morgan fingerprint density at radius 2 is 1.60 bits per heavy atom. The highest BCUT2D eigenvalue weighted by molar-refractivity contribution is 8.49. The number of nitrogens with zero attached hydrogens (tertiary/aromatic N) is 1.